The van der Waals surface area contributed by atoms with Crippen molar-refractivity contribution in [2.24, 2.45) is 0 Å². The third-order valence-corrected chi connectivity index (χ3v) is 18.7. The van der Waals surface area contributed by atoms with Gasteiger partial charge in [0.25, 0.3) is 0 Å². The molecular weight excluding hydrogens is 1410 g/mol. The molecule has 584 valence electrons. The van der Waals surface area contributed by atoms with Crippen molar-refractivity contribution < 1.29 is 71.5 Å². The predicted molar refractivity (Wildman–Crippen MR) is 448 cm³/mol. The van der Waals surface area contributed by atoms with Gasteiger partial charge in [0.15, 0.2) is 0 Å². The Balaban J connectivity index is 0.000000202. The maximum atomic E-state index is 9.75. The van der Waals surface area contributed by atoms with Crippen LogP contribution in [0.2, 0.25) is 5.02 Å². The number of hydrogen-bond acceptors (Lipinski definition) is 14. The Labute approximate surface area is 659 Å². The summed E-state index contributed by atoms with van der Waals surface area (Å²) < 4.78 is 0. The standard InChI is InChI=1S/C15H16O2.C15H24O2.C14H14O2.C14H22O2.C13H11ClO2.C13H12O2.C12H10O2/c16-14-10-5-11-15(17)13(14)9-4-8-12-6-2-1-3-7-12;1-2-3-4-5-6-7-8-10-13-14(16)11-9-12-15(13)17;15-13-7-4-8-14(16)12(13)10-9-11-5-2-1-3-6-11;1-2-3-4-5-6-7-9-12-13(15)10-8-11-14(12)16;14-11-6-7-12(15)10(13(11)16)8-9-4-2-1-3-5-9;14-12-7-4-8-13(15)11(12)9-10-5-2-1-3-6-10;13-10-7-4-8-11(14)12(10)9-5-2-1-3-6-9/h1-3,5-7,10-11,16-17H,4,8-9H2;9,11-12,16-17H,2-8,10H2,1H3;1-8,15-16H,9-10H2;8,10-11,15-16H,2-7,9H2,1H3;1-7,15-16H,8H2;1-8,14-15H,9H2;1-8,13-14H. The predicted octanol–water partition coefficient (Wildman–Crippen LogP) is 23.3. The first-order valence-electron chi connectivity index (χ1n) is 38.2. The molecule has 0 aliphatic carbocycles. The number of unbranched alkanes of at least 4 members (excludes halogenated alkanes) is 11. The molecule has 111 heavy (non-hydrogen) atoms. The van der Waals surface area contributed by atoms with Crippen LogP contribution in [0.3, 0.4) is 0 Å². The molecule has 14 nitrogen and oxygen atoms in total. The van der Waals surface area contributed by atoms with Gasteiger partial charge in [-0.2, -0.15) is 0 Å². The minimum Gasteiger partial charge on any atom is -0.508 e. The minimum atomic E-state index is -0.0504. The van der Waals surface area contributed by atoms with Crippen molar-refractivity contribution >= 4 is 11.6 Å². The van der Waals surface area contributed by atoms with Gasteiger partial charge in [-0.3, -0.25) is 0 Å². The molecule has 12 aromatic rings. The Morgan fingerprint density at radius 3 is 0.811 bits per heavy atom. The van der Waals surface area contributed by atoms with E-state index in [1.807, 2.05) is 140 Å². The highest BCUT2D eigenvalue weighted by molar-refractivity contribution is 6.32. The summed E-state index contributed by atoms with van der Waals surface area (Å²) in [5.74, 6) is 2.03. The third-order valence-electron chi connectivity index (χ3n) is 18.4. The van der Waals surface area contributed by atoms with Gasteiger partial charge in [-0.05, 0) is 171 Å². The van der Waals surface area contributed by atoms with E-state index < -0.39 is 0 Å². The van der Waals surface area contributed by atoms with Crippen LogP contribution in [0.1, 0.15) is 159 Å². The zero-order valence-corrected chi connectivity index (χ0v) is 64.4. The SMILES string of the molecule is CCCCCCCCCc1c(O)cccc1O.CCCCCCCCc1c(O)cccc1O.Oc1ccc(Cl)c(O)c1Cc1ccccc1.Oc1cccc(O)c1-c1ccccc1.Oc1cccc(O)c1CCCc1ccccc1.Oc1cccc(O)c1CCc1ccccc1.Oc1cccc(O)c1Cc1ccccc1. The summed E-state index contributed by atoms with van der Waals surface area (Å²) in [6, 6.07) is 80.9. The molecule has 0 radical (unpaired) electrons. The summed E-state index contributed by atoms with van der Waals surface area (Å²) in [5, 5.41) is 135. The lowest BCUT2D eigenvalue weighted by atomic mass is 10.0. The van der Waals surface area contributed by atoms with Crippen molar-refractivity contribution in [1.29, 1.82) is 0 Å². The van der Waals surface area contributed by atoms with Gasteiger partial charge in [0.05, 0.1) is 10.6 Å². The first-order chi connectivity index (χ1) is 53.8. The fourth-order valence-electron chi connectivity index (χ4n) is 12.2. The van der Waals surface area contributed by atoms with E-state index >= 15 is 0 Å². The molecule has 0 saturated heterocycles. The van der Waals surface area contributed by atoms with Gasteiger partial charge in [-0.15, -0.1) is 0 Å². The van der Waals surface area contributed by atoms with E-state index in [9.17, 15) is 71.5 Å². The molecule has 0 heterocycles. The molecule has 0 atom stereocenters. The zero-order valence-electron chi connectivity index (χ0n) is 63.7. The van der Waals surface area contributed by atoms with E-state index in [1.54, 1.807) is 109 Å². The van der Waals surface area contributed by atoms with E-state index in [0.29, 0.717) is 64.6 Å². The number of aryl methyl sites for hydroxylation is 2. The van der Waals surface area contributed by atoms with Crippen LogP contribution in [0.15, 0.2) is 273 Å². The summed E-state index contributed by atoms with van der Waals surface area (Å²) in [5.41, 5.74) is 9.52. The number of phenolic OH excluding ortho intramolecular Hbond substituents is 14. The summed E-state index contributed by atoms with van der Waals surface area (Å²) in [6.07, 6.45) is 22.6. The molecule has 0 aliphatic rings. The van der Waals surface area contributed by atoms with Gasteiger partial charge < -0.3 is 71.5 Å². The van der Waals surface area contributed by atoms with Crippen molar-refractivity contribution in [3.63, 3.8) is 0 Å². The van der Waals surface area contributed by atoms with Crippen LogP contribution in [-0.2, 0) is 51.4 Å². The maximum absolute atomic E-state index is 9.75. The van der Waals surface area contributed by atoms with E-state index in [1.165, 1.54) is 93.9 Å². The van der Waals surface area contributed by atoms with Crippen LogP contribution in [0.25, 0.3) is 11.1 Å². The minimum absolute atomic E-state index is 0.0504. The summed E-state index contributed by atoms with van der Waals surface area (Å²) in [7, 11) is 0. The average Bonchev–Trinajstić information content (AvgIpc) is 0.834. The highest BCUT2D eigenvalue weighted by Crippen LogP contribution is 2.39. The number of phenols is 14. The molecule has 14 N–H and O–H groups in total. The lowest BCUT2D eigenvalue weighted by molar-refractivity contribution is 0.434. The van der Waals surface area contributed by atoms with Gasteiger partial charge in [0.2, 0.25) is 0 Å². The van der Waals surface area contributed by atoms with Gasteiger partial charge in [0, 0.05) is 46.2 Å². The summed E-state index contributed by atoms with van der Waals surface area (Å²) >= 11 is 5.79. The molecule has 15 heteroatoms. The van der Waals surface area contributed by atoms with E-state index in [2.05, 4.69) is 26.0 Å². The second-order valence-corrected chi connectivity index (χ2v) is 27.3. The van der Waals surface area contributed by atoms with E-state index in [0.717, 1.165) is 61.6 Å². The lowest BCUT2D eigenvalue weighted by Gasteiger charge is -2.08. The molecule has 0 spiro atoms. The van der Waals surface area contributed by atoms with Crippen LogP contribution < -0.4 is 0 Å². The van der Waals surface area contributed by atoms with E-state index in [4.69, 9.17) is 11.6 Å². The van der Waals surface area contributed by atoms with Crippen LogP contribution in [0, 0.1) is 0 Å². The molecule has 0 fully saturated rings. The first kappa shape index (κ1) is 88.0. The number of hydrogen-bond donors (Lipinski definition) is 14. The third kappa shape index (κ3) is 31.7. The first-order valence-corrected chi connectivity index (χ1v) is 38.6. The van der Waals surface area contributed by atoms with Crippen molar-refractivity contribution in [3.05, 3.63) is 334 Å². The molecule has 12 aromatic carbocycles. The Kier molecular flexibility index (Phi) is 39.6. The topological polar surface area (TPSA) is 283 Å². The number of aromatic hydroxyl groups is 14. The molecule has 12 rings (SSSR count). The van der Waals surface area contributed by atoms with E-state index in [-0.39, 0.29) is 85.5 Å². The molecule has 0 aromatic heterocycles. The maximum Gasteiger partial charge on any atom is 0.141 e. The normalized spacial score (nSPS) is 10.3. The molecule has 0 saturated carbocycles. The quantitative estimate of drug-likeness (QED) is 0.0213. The second-order valence-electron chi connectivity index (χ2n) is 26.8. The zero-order chi connectivity index (χ0) is 80.0. The number of halogens is 1. The Bertz CT molecular complexity index is 4460. The number of benzene rings is 12. The molecule has 0 amide bonds. The summed E-state index contributed by atoms with van der Waals surface area (Å²) in [6.45, 7) is 4.43. The Morgan fingerprint density at radius 2 is 0.459 bits per heavy atom. The lowest BCUT2D eigenvalue weighted by Crippen LogP contribution is -1.92. The van der Waals surface area contributed by atoms with Crippen molar-refractivity contribution in [1.82, 2.24) is 0 Å². The molecule has 0 bridgehead atoms. The largest absolute Gasteiger partial charge is 0.508 e. The fourth-order valence-corrected chi connectivity index (χ4v) is 12.4. The highest BCUT2D eigenvalue weighted by Gasteiger charge is 2.14. The molecular formula is C96H109ClO14. The smallest absolute Gasteiger partial charge is 0.141 e. The van der Waals surface area contributed by atoms with Gasteiger partial charge in [-0.25, -0.2) is 0 Å². The highest BCUT2D eigenvalue weighted by atomic mass is 35.5. The monoisotopic (exact) mass is 1520 g/mol. The van der Waals surface area contributed by atoms with Crippen LogP contribution in [0.4, 0.5) is 0 Å². The fraction of sp³-hybridized carbons (Fsp3) is 0.250. The van der Waals surface area contributed by atoms with Gasteiger partial charge >= 0.3 is 0 Å². The van der Waals surface area contributed by atoms with Crippen LogP contribution in [0.5, 0.6) is 80.5 Å². The molecule has 0 unspecified atom stereocenters. The van der Waals surface area contributed by atoms with Crippen LogP contribution in [-0.4, -0.2) is 71.5 Å². The Hall–Kier alpha value is -11.9. The Morgan fingerprint density at radius 1 is 0.198 bits per heavy atom. The van der Waals surface area contributed by atoms with Crippen molar-refractivity contribution in [2.45, 2.75) is 155 Å². The van der Waals surface area contributed by atoms with Gasteiger partial charge in [0.1, 0.15) is 80.5 Å². The van der Waals surface area contributed by atoms with Crippen molar-refractivity contribution in [3.8, 4) is 91.6 Å². The van der Waals surface area contributed by atoms with Crippen molar-refractivity contribution in [2.75, 3.05) is 0 Å². The van der Waals surface area contributed by atoms with Crippen LogP contribution >= 0.6 is 11.6 Å². The second kappa shape index (κ2) is 50.0. The number of rotatable bonds is 27. The van der Waals surface area contributed by atoms with Gasteiger partial charge in [-0.1, -0.05) is 284 Å². The average molecular weight is 1520 g/mol. The molecule has 0 aliphatic heterocycles. The summed E-state index contributed by atoms with van der Waals surface area (Å²) in [4.78, 5) is 0.